The summed E-state index contributed by atoms with van der Waals surface area (Å²) in [5, 5.41) is 13.9. The van der Waals surface area contributed by atoms with Gasteiger partial charge >= 0.3 is 0 Å². The first-order chi connectivity index (χ1) is 41.0. The number of rotatable bonds is 69. The number of phosphoric ester groups is 1. The number of likely N-dealkylation sites (N-methyl/N-ethyl adjacent to an activating group) is 1. The Bertz CT molecular complexity index is 1510. The Labute approximate surface area is 524 Å². The van der Waals surface area contributed by atoms with Crippen molar-refractivity contribution >= 4 is 13.7 Å². The highest BCUT2D eigenvalue weighted by molar-refractivity contribution is 7.45. The van der Waals surface area contributed by atoms with Gasteiger partial charge in [0, 0.05) is 6.42 Å². The lowest BCUT2D eigenvalue weighted by Crippen LogP contribution is -2.45. The second-order valence-electron chi connectivity index (χ2n) is 26.6. The number of aliphatic hydroxyl groups is 1. The van der Waals surface area contributed by atoms with Crippen molar-refractivity contribution in [3.63, 3.8) is 0 Å². The van der Waals surface area contributed by atoms with Gasteiger partial charge in [0.1, 0.15) is 13.2 Å². The Balaban J connectivity index is 3.99. The fourth-order valence-electron chi connectivity index (χ4n) is 11.3. The highest BCUT2D eigenvalue weighted by Crippen LogP contribution is 2.38. The summed E-state index contributed by atoms with van der Waals surface area (Å²) in [6.45, 7) is 4.68. The van der Waals surface area contributed by atoms with Crippen LogP contribution in [0.1, 0.15) is 373 Å². The highest BCUT2D eigenvalue weighted by Gasteiger charge is 2.23. The predicted molar refractivity (Wildman–Crippen MR) is 367 cm³/mol. The quantitative estimate of drug-likeness (QED) is 0.0272. The number of aliphatic hydroxyl groups excluding tert-OH is 1. The molecule has 0 aliphatic rings. The van der Waals surface area contributed by atoms with Crippen molar-refractivity contribution in [1.29, 1.82) is 0 Å². The minimum absolute atomic E-state index is 0.00564. The molecule has 3 atom stereocenters. The molecule has 0 rings (SSSR count). The Kier molecular flexibility index (Phi) is 64.7. The standard InChI is InChI=1S/C75H145N2O6P/c1-6-8-10-12-14-16-18-20-22-24-26-28-30-31-32-33-34-35-36-37-38-39-40-41-42-43-44-45-47-49-51-53-55-57-59-61-63-65-67-69-75(79)76-73(72-83-84(80,81)82-71-70-77(3,4)5)74(78)68-66-64-62-60-58-56-54-52-50-48-46-29-27-25-23-21-19-17-15-13-11-9-7-2/h34-35,37-38,58,60,66,68,73-74,78H,6-33,36,39-57,59,61-65,67,69-72H2,1-5H3,(H-,76,79,80,81)/b35-34-,38-37-,60-58+,68-66+. The second kappa shape index (κ2) is 65.9. The molecule has 3 unspecified atom stereocenters. The van der Waals surface area contributed by atoms with E-state index in [4.69, 9.17) is 9.05 Å². The summed E-state index contributed by atoms with van der Waals surface area (Å²) in [5.74, 6) is -0.201. The zero-order valence-electron chi connectivity index (χ0n) is 56.9. The number of amides is 1. The summed E-state index contributed by atoms with van der Waals surface area (Å²) < 4.78 is 23.4. The maximum atomic E-state index is 13.0. The molecular formula is C75H145N2O6P. The molecule has 0 heterocycles. The predicted octanol–water partition coefficient (Wildman–Crippen LogP) is 23.2. The Morgan fingerprint density at radius 1 is 0.417 bits per heavy atom. The van der Waals surface area contributed by atoms with E-state index in [0.29, 0.717) is 17.4 Å². The monoisotopic (exact) mass is 1200 g/mol. The van der Waals surface area contributed by atoms with Gasteiger partial charge in [-0.2, -0.15) is 0 Å². The van der Waals surface area contributed by atoms with Gasteiger partial charge in [0.05, 0.1) is 39.9 Å². The molecule has 0 bridgehead atoms. The average molecular weight is 1200 g/mol. The van der Waals surface area contributed by atoms with Crippen molar-refractivity contribution < 1.29 is 32.9 Å². The molecule has 0 aromatic heterocycles. The van der Waals surface area contributed by atoms with Gasteiger partial charge in [-0.05, 0) is 64.2 Å². The third-order valence-electron chi connectivity index (χ3n) is 17.0. The molecule has 9 heteroatoms. The summed E-state index contributed by atoms with van der Waals surface area (Å²) in [6.07, 6.45) is 89.8. The summed E-state index contributed by atoms with van der Waals surface area (Å²) in [4.78, 5) is 25.6. The first-order valence-electron chi connectivity index (χ1n) is 37.0. The number of carbonyl (C=O) groups is 1. The average Bonchev–Trinajstić information content (AvgIpc) is 3.56. The van der Waals surface area contributed by atoms with E-state index in [2.05, 4.69) is 55.6 Å². The van der Waals surface area contributed by atoms with Gasteiger partial charge in [-0.25, -0.2) is 0 Å². The zero-order chi connectivity index (χ0) is 61.2. The van der Waals surface area contributed by atoms with Crippen LogP contribution in [0.2, 0.25) is 0 Å². The van der Waals surface area contributed by atoms with Crippen molar-refractivity contribution in [3.8, 4) is 0 Å². The second-order valence-corrected chi connectivity index (χ2v) is 28.1. The number of phosphoric acid groups is 1. The van der Waals surface area contributed by atoms with Crippen LogP contribution in [0.4, 0.5) is 0 Å². The van der Waals surface area contributed by atoms with E-state index < -0.39 is 26.6 Å². The molecule has 84 heavy (non-hydrogen) atoms. The minimum atomic E-state index is -4.61. The number of unbranched alkanes of at least 4 members (excludes halogenated alkanes) is 50. The van der Waals surface area contributed by atoms with E-state index in [-0.39, 0.29) is 12.5 Å². The summed E-state index contributed by atoms with van der Waals surface area (Å²) >= 11 is 0. The van der Waals surface area contributed by atoms with E-state index in [9.17, 15) is 19.4 Å². The maximum absolute atomic E-state index is 13.0. The molecule has 0 fully saturated rings. The van der Waals surface area contributed by atoms with Crippen molar-refractivity contribution in [2.45, 2.75) is 386 Å². The van der Waals surface area contributed by atoms with Gasteiger partial charge in [0.25, 0.3) is 7.82 Å². The lowest BCUT2D eigenvalue weighted by atomic mass is 10.0. The minimum Gasteiger partial charge on any atom is -0.756 e. The number of nitrogens with zero attached hydrogens (tertiary/aromatic N) is 1. The molecule has 0 saturated heterocycles. The van der Waals surface area contributed by atoms with Crippen LogP contribution in [0.5, 0.6) is 0 Å². The summed E-state index contributed by atoms with van der Waals surface area (Å²) in [7, 11) is 1.26. The number of hydrogen-bond acceptors (Lipinski definition) is 6. The topological polar surface area (TPSA) is 108 Å². The van der Waals surface area contributed by atoms with Gasteiger partial charge in [0.15, 0.2) is 0 Å². The lowest BCUT2D eigenvalue weighted by molar-refractivity contribution is -0.870. The van der Waals surface area contributed by atoms with Gasteiger partial charge < -0.3 is 28.8 Å². The maximum Gasteiger partial charge on any atom is 0.268 e. The molecule has 0 aromatic rings. The van der Waals surface area contributed by atoms with E-state index in [1.807, 2.05) is 27.2 Å². The third kappa shape index (κ3) is 68.0. The van der Waals surface area contributed by atoms with Gasteiger partial charge in [0.2, 0.25) is 5.91 Å². The van der Waals surface area contributed by atoms with Crippen LogP contribution in [0.3, 0.4) is 0 Å². The van der Waals surface area contributed by atoms with E-state index in [0.717, 1.165) is 44.9 Å². The highest BCUT2D eigenvalue weighted by atomic mass is 31.2. The van der Waals surface area contributed by atoms with Gasteiger partial charge in [-0.15, -0.1) is 0 Å². The molecule has 0 radical (unpaired) electrons. The molecule has 0 aromatic carbocycles. The van der Waals surface area contributed by atoms with Crippen molar-refractivity contribution in [3.05, 3.63) is 48.6 Å². The molecule has 0 spiro atoms. The van der Waals surface area contributed by atoms with Crippen LogP contribution in [0.15, 0.2) is 48.6 Å². The lowest BCUT2D eigenvalue weighted by Gasteiger charge is -2.29. The number of hydrogen-bond donors (Lipinski definition) is 2. The Hall–Kier alpha value is -1.54. The normalized spacial score (nSPS) is 13.8. The van der Waals surface area contributed by atoms with Crippen LogP contribution in [0.25, 0.3) is 0 Å². The Morgan fingerprint density at radius 3 is 1.04 bits per heavy atom. The van der Waals surface area contributed by atoms with Crippen LogP contribution in [-0.2, 0) is 18.4 Å². The van der Waals surface area contributed by atoms with Crippen LogP contribution in [0, 0.1) is 0 Å². The van der Waals surface area contributed by atoms with Gasteiger partial charge in [-0.3, -0.25) is 9.36 Å². The molecule has 2 N–H and O–H groups in total. The molecule has 0 saturated carbocycles. The van der Waals surface area contributed by atoms with Crippen molar-refractivity contribution in [1.82, 2.24) is 5.32 Å². The largest absolute Gasteiger partial charge is 0.756 e. The summed E-state index contributed by atoms with van der Waals surface area (Å²) in [5.41, 5.74) is 0. The summed E-state index contributed by atoms with van der Waals surface area (Å²) in [6, 6.07) is -0.905. The van der Waals surface area contributed by atoms with Crippen molar-refractivity contribution in [2.24, 2.45) is 0 Å². The zero-order valence-corrected chi connectivity index (χ0v) is 57.8. The van der Waals surface area contributed by atoms with Crippen LogP contribution < -0.4 is 10.2 Å². The van der Waals surface area contributed by atoms with E-state index in [1.165, 1.54) is 308 Å². The molecule has 8 nitrogen and oxygen atoms in total. The first-order valence-corrected chi connectivity index (χ1v) is 38.5. The SMILES string of the molecule is CCCCCCCCCCCCCCCCC/C=C\C/C=C\CCCCCCCCCCCCCCCCCCCC(=O)NC(COP(=O)([O-])OCC[N+](C)(C)C)C(O)/C=C/CC/C=C/CCCCCCCCCCCCCCCCCCC. The smallest absolute Gasteiger partial charge is 0.268 e. The Morgan fingerprint density at radius 2 is 0.702 bits per heavy atom. The first kappa shape index (κ1) is 82.5. The number of quaternary nitrogens is 1. The molecule has 0 aliphatic heterocycles. The van der Waals surface area contributed by atoms with Crippen molar-refractivity contribution in [2.75, 3.05) is 40.9 Å². The van der Waals surface area contributed by atoms with E-state index >= 15 is 0 Å². The number of allylic oxidation sites excluding steroid dienone is 7. The van der Waals surface area contributed by atoms with Crippen LogP contribution >= 0.6 is 7.82 Å². The fourth-order valence-corrected chi connectivity index (χ4v) is 12.0. The number of carbonyl (C=O) groups excluding carboxylic acids is 1. The third-order valence-corrected chi connectivity index (χ3v) is 18.0. The van der Waals surface area contributed by atoms with Crippen LogP contribution in [-0.4, -0.2) is 68.5 Å². The molecular weight excluding hydrogens is 1060 g/mol. The molecule has 496 valence electrons. The van der Waals surface area contributed by atoms with Gasteiger partial charge in [-0.1, -0.05) is 351 Å². The fraction of sp³-hybridized carbons (Fsp3) is 0.880. The number of nitrogens with one attached hydrogen (secondary N) is 1. The molecule has 1 amide bonds. The van der Waals surface area contributed by atoms with E-state index in [1.54, 1.807) is 6.08 Å². The molecule has 0 aliphatic carbocycles.